The van der Waals surface area contributed by atoms with E-state index >= 15 is 0 Å². The first-order valence-corrected chi connectivity index (χ1v) is 4.84. The van der Waals surface area contributed by atoms with Crippen LogP contribution in [0.4, 0.5) is 17.6 Å². The predicted octanol–water partition coefficient (Wildman–Crippen LogP) is 2.06. The van der Waals surface area contributed by atoms with Crippen LogP contribution >= 0.6 is 0 Å². The third-order valence-corrected chi connectivity index (χ3v) is 2.03. The van der Waals surface area contributed by atoms with Gasteiger partial charge in [-0.05, 0) is 18.7 Å². The molecule has 0 spiro atoms. The highest BCUT2D eigenvalue weighted by molar-refractivity contribution is 5.14. The van der Waals surface area contributed by atoms with Crippen molar-refractivity contribution in [3.63, 3.8) is 0 Å². The fourth-order valence-corrected chi connectivity index (χ4v) is 1.26. The van der Waals surface area contributed by atoms with Crippen LogP contribution in [0.15, 0.2) is 18.5 Å². The topological polar surface area (TPSA) is 34.1 Å². The maximum atomic E-state index is 12.9. The van der Waals surface area contributed by atoms with Crippen molar-refractivity contribution in [3.8, 4) is 0 Å². The van der Waals surface area contributed by atoms with Gasteiger partial charge in [0.15, 0.2) is 0 Å². The van der Waals surface area contributed by atoms with Gasteiger partial charge >= 0.3 is 6.18 Å². The smallest absolute Gasteiger partial charge is 0.370 e. The standard InChI is InChI=1S/C10H12F4N2O/c1-15-9(5-17-6-10(12,13)14)7-2-8(11)4-16-3-7/h2-4,9,15H,5-6H2,1H3. The molecule has 1 aromatic rings. The number of pyridine rings is 1. The minimum Gasteiger partial charge on any atom is -0.370 e. The van der Waals surface area contributed by atoms with Crippen molar-refractivity contribution in [2.45, 2.75) is 12.2 Å². The van der Waals surface area contributed by atoms with Crippen LogP contribution in [0.25, 0.3) is 0 Å². The van der Waals surface area contributed by atoms with E-state index in [2.05, 4.69) is 15.0 Å². The number of halogens is 4. The maximum Gasteiger partial charge on any atom is 0.411 e. The second kappa shape index (κ2) is 5.92. The third kappa shape index (κ3) is 5.10. The molecule has 1 rings (SSSR count). The van der Waals surface area contributed by atoms with Gasteiger partial charge in [0.05, 0.1) is 18.8 Å². The summed E-state index contributed by atoms with van der Waals surface area (Å²) in [5.41, 5.74) is 0.440. The molecule has 96 valence electrons. The Labute approximate surface area is 95.8 Å². The molecular formula is C10H12F4N2O. The van der Waals surface area contributed by atoms with Gasteiger partial charge in [-0.15, -0.1) is 0 Å². The normalized spacial score (nSPS) is 13.7. The summed E-state index contributed by atoms with van der Waals surface area (Å²) in [6.07, 6.45) is -1.97. The molecular weight excluding hydrogens is 240 g/mol. The van der Waals surface area contributed by atoms with Gasteiger partial charge in [0.1, 0.15) is 12.4 Å². The molecule has 0 saturated carbocycles. The molecule has 0 aliphatic rings. The lowest BCUT2D eigenvalue weighted by Crippen LogP contribution is -2.25. The van der Waals surface area contributed by atoms with Gasteiger partial charge in [0, 0.05) is 6.20 Å². The van der Waals surface area contributed by atoms with Crippen molar-refractivity contribution in [3.05, 3.63) is 29.8 Å². The molecule has 0 aliphatic carbocycles. The Hall–Kier alpha value is -1.21. The third-order valence-electron chi connectivity index (χ3n) is 2.03. The minimum atomic E-state index is -4.36. The van der Waals surface area contributed by atoms with Gasteiger partial charge in [-0.1, -0.05) is 0 Å². The van der Waals surface area contributed by atoms with Gasteiger partial charge in [-0.3, -0.25) is 4.98 Å². The molecule has 0 aliphatic heterocycles. The van der Waals surface area contributed by atoms with Crippen molar-refractivity contribution >= 4 is 0 Å². The highest BCUT2D eigenvalue weighted by atomic mass is 19.4. The summed E-state index contributed by atoms with van der Waals surface area (Å²) in [6.45, 7) is -1.53. The number of hydrogen-bond donors (Lipinski definition) is 1. The highest BCUT2D eigenvalue weighted by Gasteiger charge is 2.28. The number of rotatable bonds is 5. The molecule has 1 unspecified atom stereocenters. The van der Waals surface area contributed by atoms with Gasteiger partial charge in [0.2, 0.25) is 0 Å². The first-order valence-electron chi connectivity index (χ1n) is 4.84. The maximum absolute atomic E-state index is 12.9. The van der Waals surface area contributed by atoms with Crippen LogP contribution in [0.3, 0.4) is 0 Å². The van der Waals surface area contributed by atoms with Crippen molar-refractivity contribution in [1.29, 1.82) is 0 Å². The Balaban J connectivity index is 2.54. The van der Waals surface area contributed by atoms with Crippen LogP contribution in [0.2, 0.25) is 0 Å². The Kier molecular flexibility index (Phi) is 4.83. The molecule has 0 radical (unpaired) electrons. The van der Waals surface area contributed by atoms with Gasteiger partial charge in [-0.2, -0.15) is 13.2 Å². The van der Waals surface area contributed by atoms with Gasteiger partial charge in [-0.25, -0.2) is 4.39 Å². The summed E-state index contributed by atoms with van der Waals surface area (Å²) in [7, 11) is 1.55. The number of nitrogens with zero attached hydrogens (tertiary/aromatic N) is 1. The monoisotopic (exact) mass is 252 g/mol. The number of nitrogens with one attached hydrogen (secondary N) is 1. The molecule has 0 aromatic carbocycles. The van der Waals surface area contributed by atoms with Crippen LogP contribution in [0.5, 0.6) is 0 Å². The fourth-order valence-electron chi connectivity index (χ4n) is 1.26. The summed E-state index contributed by atoms with van der Waals surface area (Å²) < 4.78 is 52.9. The lowest BCUT2D eigenvalue weighted by Gasteiger charge is -2.17. The number of likely N-dealkylation sites (N-methyl/N-ethyl adjacent to an activating group) is 1. The van der Waals surface area contributed by atoms with Gasteiger partial charge in [0.25, 0.3) is 0 Å². The van der Waals surface area contributed by atoms with Crippen LogP contribution in [0.1, 0.15) is 11.6 Å². The molecule has 7 heteroatoms. The number of alkyl halides is 3. The fraction of sp³-hybridized carbons (Fsp3) is 0.500. The van der Waals surface area contributed by atoms with Gasteiger partial charge < -0.3 is 10.1 Å². The number of hydrogen-bond acceptors (Lipinski definition) is 3. The van der Waals surface area contributed by atoms with E-state index in [4.69, 9.17) is 0 Å². The molecule has 1 N–H and O–H groups in total. The van der Waals surface area contributed by atoms with Crippen molar-refractivity contribution < 1.29 is 22.3 Å². The largest absolute Gasteiger partial charge is 0.411 e. The van der Waals surface area contributed by atoms with Crippen molar-refractivity contribution in [2.24, 2.45) is 0 Å². The lowest BCUT2D eigenvalue weighted by atomic mass is 10.1. The molecule has 0 saturated heterocycles. The van der Waals surface area contributed by atoms with E-state index in [-0.39, 0.29) is 6.61 Å². The molecule has 1 aromatic heterocycles. The zero-order valence-electron chi connectivity index (χ0n) is 9.09. The SMILES string of the molecule is CNC(COCC(F)(F)F)c1cncc(F)c1. The summed E-state index contributed by atoms with van der Waals surface area (Å²) in [5.74, 6) is -0.543. The zero-order valence-corrected chi connectivity index (χ0v) is 9.09. The molecule has 0 fully saturated rings. The Morgan fingerprint density at radius 1 is 1.41 bits per heavy atom. The molecule has 1 atom stereocenters. The van der Waals surface area contributed by atoms with Crippen LogP contribution in [-0.2, 0) is 4.74 Å². The van der Waals surface area contributed by atoms with Crippen molar-refractivity contribution in [1.82, 2.24) is 10.3 Å². The average molecular weight is 252 g/mol. The molecule has 0 bridgehead atoms. The Bertz CT molecular complexity index is 356. The van der Waals surface area contributed by atoms with E-state index in [0.29, 0.717) is 5.56 Å². The van der Waals surface area contributed by atoms with Crippen LogP contribution < -0.4 is 5.32 Å². The minimum absolute atomic E-state index is 0.207. The van der Waals surface area contributed by atoms with E-state index in [1.807, 2.05) is 0 Å². The number of ether oxygens (including phenoxy) is 1. The second-order valence-electron chi connectivity index (χ2n) is 3.41. The lowest BCUT2D eigenvalue weighted by molar-refractivity contribution is -0.175. The molecule has 0 amide bonds. The van der Waals surface area contributed by atoms with E-state index in [0.717, 1.165) is 6.20 Å². The van der Waals surface area contributed by atoms with E-state index in [1.165, 1.54) is 12.3 Å². The summed E-state index contributed by atoms with van der Waals surface area (Å²) in [6, 6.07) is 0.672. The summed E-state index contributed by atoms with van der Waals surface area (Å²) in [5, 5.41) is 2.73. The Morgan fingerprint density at radius 3 is 2.65 bits per heavy atom. The molecule has 3 nitrogen and oxygen atoms in total. The zero-order chi connectivity index (χ0) is 12.9. The first-order chi connectivity index (χ1) is 7.92. The second-order valence-corrected chi connectivity index (χ2v) is 3.41. The molecule has 1 heterocycles. The van der Waals surface area contributed by atoms with E-state index in [9.17, 15) is 17.6 Å². The van der Waals surface area contributed by atoms with Crippen molar-refractivity contribution in [2.75, 3.05) is 20.3 Å². The van der Waals surface area contributed by atoms with Crippen LogP contribution in [0, 0.1) is 5.82 Å². The quantitative estimate of drug-likeness (QED) is 0.814. The van der Waals surface area contributed by atoms with Crippen LogP contribution in [-0.4, -0.2) is 31.4 Å². The number of aromatic nitrogens is 1. The summed E-state index contributed by atoms with van der Waals surface area (Å²) >= 11 is 0. The predicted molar refractivity (Wildman–Crippen MR) is 52.9 cm³/mol. The summed E-state index contributed by atoms with van der Waals surface area (Å²) in [4.78, 5) is 3.62. The average Bonchev–Trinajstić information content (AvgIpc) is 2.23. The van der Waals surface area contributed by atoms with E-state index < -0.39 is 24.6 Å². The van der Waals surface area contributed by atoms with E-state index in [1.54, 1.807) is 7.05 Å². The first kappa shape index (κ1) is 13.9. The Morgan fingerprint density at radius 2 is 2.12 bits per heavy atom. The highest BCUT2D eigenvalue weighted by Crippen LogP contribution is 2.17. The molecule has 17 heavy (non-hydrogen) atoms.